The van der Waals surface area contributed by atoms with Crippen molar-refractivity contribution in [2.45, 2.75) is 0 Å². The Morgan fingerprint density at radius 1 is 0.741 bits per heavy atom. The summed E-state index contributed by atoms with van der Waals surface area (Å²) in [5, 5.41) is 0. The molecule has 1 N–H and O–H groups in total. The molecule has 0 atom stereocenters. The quantitative estimate of drug-likeness (QED) is 0.578. The maximum atomic E-state index is 5.26. The van der Waals surface area contributed by atoms with Crippen LogP contribution in [-0.2, 0) is 0 Å². The van der Waals surface area contributed by atoms with Gasteiger partial charge in [-0.2, -0.15) is 0 Å². The van der Waals surface area contributed by atoms with Crippen molar-refractivity contribution in [3.8, 4) is 45.7 Å². The highest BCUT2D eigenvalue weighted by Crippen LogP contribution is 2.33. The van der Waals surface area contributed by atoms with Crippen molar-refractivity contribution in [1.82, 2.24) is 19.9 Å². The number of hydrogen-bond donors (Lipinski definition) is 1. The number of H-pyrrole nitrogens is 1. The minimum atomic E-state index is 0.548. The molecule has 2 aromatic heterocycles. The van der Waals surface area contributed by atoms with Gasteiger partial charge in [0.15, 0.2) is 11.6 Å². The smallest absolute Gasteiger partial charge is 0.195 e. The van der Waals surface area contributed by atoms with Gasteiger partial charge in [-0.3, -0.25) is 0 Å². The molecule has 2 heterocycles. The van der Waals surface area contributed by atoms with Crippen LogP contribution in [0.25, 0.3) is 34.2 Å². The van der Waals surface area contributed by atoms with Crippen LogP contribution in [0.2, 0.25) is 0 Å². The predicted octanol–water partition coefficient (Wildman–Crippen LogP) is 4.22. The molecule has 0 fully saturated rings. The van der Waals surface area contributed by atoms with E-state index < -0.39 is 0 Å². The topological polar surface area (TPSA) is 72.9 Å². The minimum Gasteiger partial charge on any atom is -0.497 e. The molecule has 0 spiro atoms. The molecule has 2 aromatic carbocycles. The van der Waals surface area contributed by atoms with Crippen LogP contribution in [0.5, 0.6) is 11.5 Å². The van der Waals surface area contributed by atoms with Gasteiger partial charge in [-0.15, -0.1) is 0 Å². The van der Waals surface area contributed by atoms with Gasteiger partial charge in [-0.25, -0.2) is 15.0 Å². The Labute approximate surface area is 156 Å². The molecular weight excluding hydrogens is 340 g/mol. The summed E-state index contributed by atoms with van der Waals surface area (Å²) >= 11 is 0. The van der Waals surface area contributed by atoms with Crippen LogP contribution in [0.1, 0.15) is 0 Å². The van der Waals surface area contributed by atoms with Gasteiger partial charge >= 0.3 is 0 Å². The Bertz CT molecular complexity index is 961. The summed E-state index contributed by atoms with van der Waals surface area (Å²) in [6.07, 6.45) is 3.40. The first-order valence-corrected chi connectivity index (χ1v) is 8.44. The van der Waals surface area contributed by atoms with Crippen LogP contribution >= 0.6 is 0 Å². The second-order valence-electron chi connectivity index (χ2n) is 5.84. The van der Waals surface area contributed by atoms with Crippen LogP contribution in [0, 0.1) is 0 Å². The number of rotatable bonds is 5. The van der Waals surface area contributed by atoms with Crippen molar-refractivity contribution in [2.75, 3.05) is 14.2 Å². The Kier molecular flexibility index (Phi) is 4.53. The fraction of sp³-hybridized carbons (Fsp3) is 0.0952. The third-order valence-corrected chi connectivity index (χ3v) is 4.22. The second-order valence-corrected chi connectivity index (χ2v) is 5.84. The largest absolute Gasteiger partial charge is 0.497 e. The summed E-state index contributed by atoms with van der Waals surface area (Å²) in [6.45, 7) is 0. The number of aromatic nitrogens is 4. The van der Waals surface area contributed by atoms with E-state index in [9.17, 15) is 0 Å². The molecule has 0 unspecified atom stereocenters. The van der Waals surface area contributed by atoms with Crippen molar-refractivity contribution in [2.24, 2.45) is 0 Å². The summed E-state index contributed by atoms with van der Waals surface area (Å²) in [5.74, 6) is 2.77. The molecule has 0 aliphatic rings. The van der Waals surface area contributed by atoms with Crippen LogP contribution in [-0.4, -0.2) is 34.2 Å². The number of aromatic amines is 1. The summed E-state index contributed by atoms with van der Waals surface area (Å²) in [6, 6.07) is 17.4. The highest BCUT2D eigenvalue weighted by Gasteiger charge is 2.16. The molecule has 6 nitrogen and oxygen atoms in total. The number of nitrogens with one attached hydrogen (secondary N) is 1. The van der Waals surface area contributed by atoms with E-state index in [0.29, 0.717) is 11.6 Å². The molecule has 27 heavy (non-hydrogen) atoms. The fourth-order valence-electron chi connectivity index (χ4n) is 2.82. The van der Waals surface area contributed by atoms with Crippen LogP contribution < -0.4 is 9.47 Å². The molecule has 0 amide bonds. The van der Waals surface area contributed by atoms with Gasteiger partial charge in [-0.05, 0) is 54.6 Å². The SMILES string of the molecule is COc1ccc(-c2nc(-c3ncccn3)[nH]c2-c2ccc(OC)cc2)cc1. The van der Waals surface area contributed by atoms with Gasteiger partial charge in [0.25, 0.3) is 0 Å². The average molecular weight is 358 g/mol. The van der Waals surface area contributed by atoms with Crippen molar-refractivity contribution < 1.29 is 9.47 Å². The van der Waals surface area contributed by atoms with Crippen molar-refractivity contribution >= 4 is 0 Å². The molecule has 0 aliphatic heterocycles. The number of imidazole rings is 1. The zero-order valence-corrected chi connectivity index (χ0v) is 15.0. The minimum absolute atomic E-state index is 0.548. The lowest BCUT2D eigenvalue weighted by Crippen LogP contribution is -1.88. The molecule has 4 rings (SSSR count). The standard InChI is InChI=1S/C21H18N4O2/c1-26-16-8-4-14(5-9-16)18-19(15-6-10-17(27-2)11-7-15)25-21(24-18)20-22-12-3-13-23-20/h3-13H,1-2H3,(H,24,25). The molecule has 6 heteroatoms. The lowest BCUT2D eigenvalue weighted by atomic mass is 10.0. The van der Waals surface area contributed by atoms with E-state index in [4.69, 9.17) is 14.5 Å². The average Bonchev–Trinajstić information content (AvgIpc) is 3.20. The van der Waals surface area contributed by atoms with Gasteiger partial charge in [0.2, 0.25) is 0 Å². The molecule has 4 aromatic rings. The number of methoxy groups -OCH3 is 2. The van der Waals surface area contributed by atoms with Crippen molar-refractivity contribution in [3.63, 3.8) is 0 Å². The molecule has 0 radical (unpaired) electrons. The van der Waals surface area contributed by atoms with E-state index >= 15 is 0 Å². The lowest BCUT2D eigenvalue weighted by molar-refractivity contribution is 0.414. The monoisotopic (exact) mass is 358 g/mol. The Hall–Kier alpha value is -3.67. The molecule has 134 valence electrons. The maximum Gasteiger partial charge on any atom is 0.195 e. The number of hydrogen-bond acceptors (Lipinski definition) is 5. The van der Waals surface area contributed by atoms with E-state index in [1.807, 2.05) is 48.5 Å². The Morgan fingerprint density at radius 3 is 1.85 bits per heavy atom. The van der Waals surface area contributed by atoms with Crippen LogP contribution in [0.15, 0.2) is 67.0 Å². The van der Waals surface area contributed by atoms with Gasteiger partial charge in [0.05, 0.1) is 25.6 Å². The van der Waals surface area contributed by atoms with Crippen molar-refractivity contribution in [3.05, 3.63) is 67.0 Å². The number of ether oxygens (including phenoxy) is 2. The fourth-order valence-corrected chi connectivity index (χ4v) is 2.82. The summed E-state index contributed by atoms with van der Waals surface area (Å²) < 4.78 is 10.5. The molecule has 0 aliphatic carbocycles. The Balaban J connectivity index is 1.85. The van der Waals surface area contributed by atoms with E-state index in [2.05, 4.69) is 15.0 Å². The first-order chi connectivity index (χ1) is 13.3. The second kappa shape index (κ2) is 7.29. The van der Waals surface area contributed by atoms with Gasteiger partial charge in [-0.1, -0.05) is 0 Å². The first kappa shape index (κ1) is 16.8. The van der Waals surface area contributed by atoms with Gasteiger partial charge in [0.1, 0.15) is 11.5 Å². The normalized spacial score (nSPS) is 10.6. The third-order valence-electron chi connectivity index (χ3n) is 4.22. The third kappa shape index (κ3) is 3.37. The van der Waals surface area contributed by atoms with Gasteiger partial charge < -0.3 is 14.5 Å². The molecule has 0 bridgehead atoms. The molecule has 0 saturated carbocycles. The summed E-state index contributed by atoms with van der Waals surface area (Å²) in [7, 11) is 3.30. The maximum absolute atomic E-state index is 5.26. The Morgan fingerprint density at radius 2 is 1.30 bits per heavy atom. The van der Waals surface area contributed by atoms with E-state index in [-0.39, 0.29) is 0 Å². The van der Waals surface area contributed by atoms with Crippen molar-refractivity contribution in [1.29, 1.82) is 0 Å². The van der Waals surface area contributed by atoms with Crippen LogP contribution in [0.4, 0.5) is 0 Å². The number of nitrogens with zero attached hydrogens (tertiary/aromatic N) is 3. The summed E-state index contributed by atoms with van der Waals surface area (Å²) in [4.78, 5) is 16.7. The van der Waals surface area contributed by atoms with E-state index in [1.54, 1.807) is 32.7 Å². The van der Waals surface area contributed by atoms with E-state index in [0.717, 1.165) is 34.0 Å². The molecule has 0 saturated heterocycles. The summed E-state index contributed by atoms with van der Waals surface area (Å²) in [5.41, 5.74) is 3.69. The van der Waals surface area contributed by atoms with Crippen LogP contribution in [0.3, 0.4) is 0 Å². The highest BCUT2D eigenvalue weighted by atomic mass is 16.5. The number of benzene rings is 2. The van der Waals surface area contributed by atoms with E-state index in [1.165, 1.54) is 0 Å². The first-order valence-electron chi connectivity index (χ1n) is 8.44. The lowest BCUT2D eigenvalue weighted by Gasteiger charge is -2.06. The zero-order chi connectivity index (χ0) is 18.6. The zero-order valence-electron chi connectivity index (χ0n) is 15.0. The molecular formula is C21H18N4O2. The van der Waals surface area contributed by atoms with Gasteiger partial charge in [0, 0.05) is 23.5 Å². The predicted molar refractivity (Wildman–Crippen MR) is 104 cm³/mol. The highest BCUT2D eigenvalue weighted by molar-refractivity contribution is 5.80.